The van der Waals surface area contributed by atoms with Gasteiger partial charge in [-0.25, -0.2) is 4.79 Å². The minimum atomic E-state index is -0.280. The van der Waals surface area contributed by atoms with Gasteiger partial charge in [0.1, 0.15) is 6.04 Å². The van der Waals surface area contributed by atoms with Crippen molar-refractivity contribution in [3.8, 4) is 0 Å². The third kappa shape index (κ3) is 3.89. The molecule has 1 fully saturated rings. The van der Waals surface area contributed by atoms with E-state index in [1.807, 2.05) is 18.2 Å². The highest BCUT2D eigenvalue weighted by Gasteiger charge is 2.30. The summed E-state index contributed by atoms with van der Waals surface area (Å²) in [5, 5.41) is 5.06. The lowest BCUT2D eigenvalue weighted by atomic mass is 10.1. The third-order valence-electron chi connectivity index (χ3n) is 5.13. The van der Waals surface area contributed by atoms with Crippen molar-refractivity contribution < 1.29 is 9.63 Å². The number of fused-ring (bicyclic) bond motifs is 1. The molecule has 0 aromatic heterocycles. The molecule has 0 radical (unpaired) electrons. The maximum Gasteiger partial charge on any atom is 0.347 e. The Bertz CT molecular complexity index is 742. The van der Waals surface area contributed by atoms with Crippen LogP contribution in [-0.4, -0.2) is 48.2 Å². The number of piperazine rings is 1. The SMILES string of the molecule is Cc1ccc(CN2CCN(OC(=O)C3Cc4ccccc4N3)CC2)cc1. The van der Waals surface area contributed by atoms with E-state index in [9.17, 15) is 4.79 Å². The molecule has 1 unspecified atom stereocenters. The van der Waals surface area contributed by atoms with Gasteiger partial charge < -0.3 is 10.2 Å². The Hall–Kier alpha value is -2.37. The molecule has 1 saturated heterocycles. The number of benzene rings is 2. The minimum absolute atomic E-state index is 0.187. The van der Waals surface area contributed by atoms with Crippen LogP contribution in [-0.2, 0) is 22.6 Å². The summed E-state index contributed by atoms with van der Waals surface area (Å²) in [4.78, 5) is 20.5. The van der Waals surface area contributed by atoms with E-state index in [1.54, 1.807) is 5.06 Å². The van der Waals surface area contributed by atoms with Gasteiger partial charge in [-0.05, 0) is 24.1 Å². The molecule has 0 aliphatic carbocycles. The predicted molar refractivity (Wildman–Crippen MR) is 102 cm³/mol. The molecule has 2 aliphatic heterocycles. The van der Waals surface area contributed by atoms with Crippen molar-refractivity contribution in [2.24, 2.45) is 0 Å². The van der Waals surface area contributed by atoms with E-state index in [-0.39, 0.29) is 12.0 Å². The number of nitrogens with one attached hydrogen (secondary N) is 1. The summed E-state index contributed by atoms with van der Waals surface area (Å²) in [5.74, 6) is -0.187. The van der Waals surface area contributed by atoms with Crippen molar-refractivity contribution in [2.75, 3.05) is 31.5 Å². The molecule has 1 atom stereocenters. The van der Waals surface area contributed by atoms with Crippen LogP contribution in [0.15, 0.2) is 48.5 Å². The lowest BCUT2D eigenvalue weighted by molar-refractivity contribution is -0.198. The zero-order valence-corrected chi connectivity index (χ0v) is 15.1. The summed E-state index contributed by atoms with van der Waals surface area (Å²) in [5.41, 5.74) is 4.83. The summed E-state index contributed by atoms with van der Waals surface area (Å²) in [7, 11) is 0. The molecule has 0 saturated carbocycles. The van der Waals surface area contributed by atoms with Gasteiger partial charge >= 0.3 is 5.97 Å². The summed E-state index contributed by atoms with van der Waals surface area (Å²) >= 11 is 0. The zero-order chi connectivity index (χ0) is 17.9. The number of aryl methyl sites for hydroxylation is 1. The number of carbonyl (C=O) groups excluding carboxylic acids is 1. The lowest BCUT2D eigenvalue weighted by Crippen LogP contribution is -2.48. The fourth-order valence-corrected chi connectivity index (χ4v) is 3.56. The van der Waals surface area contributed by atoms with Crippen LogP contribution in [0, 0.1) is 6.92 Å². The molecule has 0 spiro atoms. The highest BCUT2D eigenvalue weighted by atomic mass is 16.7. The molecular weight excluding hydrogens is 326 g/mol. The molecule has 0 bridgehead atoms. The van der Waals surface area contributed by atoms with Crippen molar-refractivity contribution in [1.82, 2.24) is 9.96 Å². The molecule has 136 valence electrons. The molecule has 0 amide bonds. The fraction of sp³-hybridized carbons (Fsp3) is 0.381. The number of nitrogens with zero attached hydrogens (tertiary/aromatic N) is 2. The van der Waals surface area contributed by atoms with Crippen LogP contribution in [0.5, 0.6) is 0 Å². The monoisotopic (exact) mass is 351 g/mol. The summed E-state index contributed by atoms with van der Waals surface area (Å²) in [6.45, 7) is 6.35. The molecule has 2 aromatic carbocycles. The molecular formula is C21H25N3O2. The van der Waals surface area contributed by atoms with E-state index in [0.29, 0.717) is 6.42 Å². The van der Waals surface area contributed by atoms with Crippen molar-refractivity contribution in [1.29, 1.82) is 0 Å². The first-order valence-corrected chi connectivity index (χ1v) is 9.26. The quantitative estimate of drug-likeness (QED) is 0.917. The number of carbonyl (C=O) groups is 1. The standard InChI is InChI=1S/C21H25N3O2/c1-16-6-8-17(9-7-16)15-23-10-12-24(13-11-23)26-21(25)20-14-18-4-2-3-5-19(18)22-20/h2-9,20,22H,10-15H2,1H3. The molecule has 2 heterocycles. The van der Waals surface area contributed by atoms with Gasteiger partial charge in [0.2, 0.25) is 0 Å². The van der Waals surface area contributed by atoms with Crippen LogP contribution < -0.4 is 5.32 Å². The van der Waals surface area contributed by atoms with Gasteiger partial charge in [-0.1, -0.05) is 48.0 Å². The number of hydrogen-bond donors (Lipinski definition) is 1. The average Bonchev–Trinajstić information content (AvgIpc) is 3.10. The number of hydroxylamine groups is 2. The zero-order valence-electron chi connectivity index (χ0n) is 15.1. The Morgan fingerprint density at radius 3 is 2.54 bits per heavy atom. The molecule has 26 heavy (non-hydrogen) atoms. The molecule has 1 N–H and O–H groups in total. The number of hydrogen-bond acceptors (Lipinski definition) is 5. The second-order valence-electron chi connectivity index (χ2n) is 7.16. The second kappa shape index (κ2) is 7.48. The first-order chi connectivity index (χ1) is 12.7. The van der Waals surface area contributed by atoms with Crippen LogP contribution in [0.25, 0.3) is 0 Å². The van der Waals surface area contributed by atoms with Gasteiger partial charge in [0.25, 0.3) is 0 Å². The van der Waals surface area contributed by atoms with Crippen molar-refractivity contribution >= 4 is 11.7 Å². The molecule has 5 nitrogen and oxygen atoms in total. The van der Waals surface area contributed by atoms with Gasteiger partial charge in [-0.2, -0.15) is 0 Å². The van der Waals surface area contributed by atoms with Gasteiger partial charge in [-0.3, -0.25) is 4.90 Å². The lowest BCUT2D eigenvalue weighted by Gasteiger charge is -2.33. The van der Waals surface area contributed by atoms with Gasteiger partial charge in [0, 0.05) is 44.8 Å². The number of rotatable bonds is 4. The highest BCUT2D eigenvalue weighted by Crippen LogP contribution is 2.25. The van der Waals surface area contributed by atoms with Crippen LogP contribution in [0.1, 0.15) is 16.7 Å². The Kier molecular flexibility index (Phi) is 4.91. The third-order valence-corrected chi connectivity index (χ3v) is 5.13. The van der Waals surface area contributed by atoms with E-state index < -0.39 is 0 Å². The van der Waals surface area contributed by atoms with E-state index in [4.69, 9.17) is 4.84 Å². The van der Waals surface area contributed by atoms with Gasteiger partial charge in [-0.15, -0.1) is 5.06 Å². The van der Waals surface area contributed by atoms with Gasteiger partial charge in [0.15, 0.2) is 0 Å². The second-order valence-corrected chi connectivity index (χ2v) is 7.16. The van der Waals surface area contributed by atoms with E-state index in [1.165, 1.54) is 16.7 Å². The first-order valence-electron chi connectivity index (χ1n) is 9.26. The first kappa shape index (κ1) is 17.1. The molecule has 4 rings (SSSR count). The van der Waals surface area contributed by atoms with Crippen molar-refractivity contribution in [3.05, 3.63) is 65.2 Å². The molecule has 5 heteroatoms. The van der Waals surface area contributed by atoms with E-state index in [2.05, 4.69) is 47.5 Å². The van der Waals surface area contributed by atoms with Crippen LogP contribution in [0.3, 0.4) is 0 Å². The van der Waals surface area contributed by atoms with Gasteiger partial charge in [0.05, 0.1) is 0 Å². The largest absolute Gasteiger partial charge is 0.372 e. The topological polar surface area (TPSA) is 44.8 Å². The maximum absolute atomic E-state index is 12.4. The Balaban J connectivity index is 1.24. The summed E-state index contributed by atoms with van der Waals surface area (Å²) in [6.07, 6.45) is 0.697. The van der Waals surface area contributed by atoms with Crippen LogP contribution in [0.4, 0.5) is 5.69 Å². The normalized spacial score (nSPS) is 20.4. The predicted octanol–water partition coefficient (Wildman–Crippen LogP) is 2.61. The Morgan fingerprint density at radius 2 is 1.81 bits per heavy atom. The smallest absolute Gasteiger partial charge is 0.347 e. The highest BCUT2D eigenvalue weighted by molar-refractivity contribution is 5.82. The van der Waals surface area contributed by atoms with E-state index in [0.717, 1.165) is 38.4 Å². The number of anilines is 1. The Labute approximate surface area is 154 Å². The van der Waals surface area contributed by atoms with Crippen LogP contribution >= 0.6 is 0 Å². The fourth-order valence-electron chi connectivity index (χ4n) is 3.56. The molecule has 2 aliphatic rings. The summed E-state index contributed by atoms with van der Waals surface area (Å²) < 4.78 is 0. The minimum Gasteiger partial charge on any atom is -0.372 e. The Morgan fingerprint density at radius 1 is 1.08 bits per heavy atom. The summed E-state index contributed by atoms with van der Waals surface area (Å²) in [6, 6.07) is 16.4. The van der Waals surface area contributed by atoms with Crippen LogP contribution in [0.2, 0.25) is 0 Å². The average molecular weight is 351 g/mol. The van der Waals surface area contributed by atoms with Crippen molar-refractivity contribution in [3.63, 3.8) is 0 Å². The van der Waals surface area contributed by atoms with E-state index >= 15 is 0 Å². The molecule has 2 aromatic rings. The maximum atomic E-state index is 12.4. The number of para-hydroxylation sites is 1. The van der Waals surface area contributed by atoms with Crippen molar-refractivity contribution in [2.45, 2.75) is 25.9 Å².